The molecule has 0 fully saturated rings. The molecule has 1 unspecified atom stereocenters. The number of hydrogen-bond donors (Lipinski definition) is 3. The van der Waals surface area contributed by atoms with Crippen LogP contribution in [0.4, 0.5) is 10.5 Å². The number of nitrogens with zero attached hydrogens (tertiary/aromatic N) is 1. The molecular weight excluding hydrogens is 404 g/mol. The summed E-state index contributed by atoms with van der Waals surface area (Å²) in [6.45, 7) is 6.06. The van der Waals surface area contributed by atoms with Crippen molar-refractivity contribution >= 4 is 17.6 Å². The number of aryl methyl sites for hydroxylation is 1. The van der Waals surface area contributed by atoms with Crippen molar-refractivity contribution in [3.8, 4) is 11.5 Å². The maximum Gasteiger partial charge on any atom is 0.315 e. The number of amides is 3. The smallest absolute Gasteiger partial charge is 0.315 e. The Kier molecular flexibility index (Phi) is 7.80. The first kappa shape index (κ1) is 22.8. The van der Waals surface area contributed by atoms with Gasteiger partial charge in [0.05, 0.1) is 6.20 Å². The lowest BCUT2D eigenvalue weighted by Crippen LogP contribution is -2.50. The van der Waals surface area contributed by atoms with E-state index in [0.717, 1.165) is 11.1 Å². The van der Waals surface area contributed by atoms with E-state index in [-0.39, 0.29) is 17.9 Å². The monoisotopic (exact) mass is 432 g/mol. The van der Waals surface area contributed by atoms with Gasteiger partial charge in [0, 0.05) is 18.4 Å². The molecule has 3 rings (SSSR count). The van der Waals surface area contributed by atoms with Gasteiger partial charge < -0.3 is 20.7 Å². The van der Waals surface area contributed by atoms with Crippen LogP contribution in [0, 0.1) is 12.8 Å². The minimum Gasteiger partial charge on any atom is -0.455 e. The van der Waals surface area contributed by atoms with Gasteiger partial charge in [0.2, 0.25) is 5.91 Å². The Balaban J connectivity index is 1.59. The van der Waals surface area contributed by atoms with E-state index >= 15 is 0 Å². The summed E-state index contributed by atoms with van der Waals surface area (Å²) in [6, 6.07) is 17.5. The molecule has 0 saturated carbocycles. The molecule has 0 radical (unpaired) electrons. The summed E-state index contributed by atoms with van der Waals surface area (Å²) in [7, 11) is 0. The normalized spacial score (nSPS) is 11.5. The summed E-state index contributed by atoms with van der Waals surface area (Å²) in [5, 5.41) is 8.45. The van der Waals surface area contributed by atoms with Crippen molar-refractivity contribution in [1.82, 2.24) is 15.6 Å². The standard InChI is InChI=1S/C25H28N4O3/c1-17(2)23(29-25(31)27-15-19-8-5-4-6-9-19)24(30)28-20-11-12-22(18(3)14-20)32-21-10-7-13-26-16-21/h4-14,16-17,23H,15H2,1-3H3,(H,28,30)(H2,27,29,31). The quantitative estimate of drug-likeness (QED) is 0.483. The molecule has 7 nitrogen and oxygen atoms in total. The van der Waals surface area contributed by atoms with E-state index < -0.39 is 6.04 Å². The molecule has 0 spiro atoms. The minimum absolute atomic E-state index is 0.0910. The third kappa shape index (κ3) is 6.57. The molecule has 2 aromatic carbocycles. The molecule has 0 saturated heterocycles. The van der Waals surface area contributed by atoms with Crippen LogP contribution in [0.15, 0.2) is 73.1 Å². The molecule has 3 N–H and O–H groups in total. The SMILES string of the molecule is Cc1cc(NC(=O)C(NC(=O)NCc2ccccc2)C(C)C)ccc1Oc1cccnc1. The third-order valence-electron chi connectivity index (χ3n) is 4.84. The number of anilines is 1. The molecular formula is C25H28N4O3. The Hall–Kier alpha value is -3.87. The van der Waals surface area contributed by atoms with Crippen LogP contribution in [-0.2, 0) is 11.3 Å². The second-order valence-electron chi connectivity index (χ2n) is 7.79. The zero-order valence-electron chi connectivity index (χ0n) is 18.5. The number of urea groups is 1. The highest BCUT2D eigenvalue weighted by molar-refractivity contribution is 5.97. The highest BCUT2D eigenvalue weighted by Gasteiger charge is 2.24. The first-order valence-corrected chi connectivity index (χ1v) is 10.5. The molecule has 166 valence electrons. The van der Waals surface area contributed by atoms with Gasteiger partial charge in [-0.1, -0.05) is 44.2 Å². The first-order valence-electron chi connectivity index (χ1n) is 10.5. The first-order chi connectivity index (χ1) is 15.4. The lowest BCUT2D eigenvalue weighted by molar-refractivity contribution is -0.118. The topological polar surface area (TPSA) is 92.4 Å². The van der Waals surface area contributed by atoms with E-state index in [1.807, 2.05) is 63.2 Å². The van der Waals surface area contributed by atoms with Crippen LogP contribution in [0.2, 0.25) is 0 Å². The maximum atomic E-state index is 12.9. The van der Waals surface area contributed by atoms with Crippen LogP contribution < -0.4 is 20.7 Å². The van der Waals surface area contributed by atoms with Crippen LogP contribution >= 0.6 is 0 Å². The Morgan fingerprint density at radius 3 is 2.47 bits per heavy atom. The lowest BCUT2D eigenvalue weighted by Gasteiger charge is -2.22. The van der Waals surface area contributed by atoms with Crippen LogP contribution in [0.1, 0.15) is 25.0 Å². The van der Waals surface area contributed by atoms with E-state index in [1.165, 1.54) is 0 Å². The van der Waals surface area contributed by atoms with Gasteiger partial charge in [-0.15, -0.1) is 0 Å². The zero-order valence-corrected chi connectivity index (χ0v) is 18.5. The number of ether oxygens (including phenoxy) is 1. The molecule has 0 aliphatic carbocycles. The van der Waals surface area contributed by atoms with Gasteiger partial charge in [-0.05, 0) is 54.3 Å². The summed E-state index contributed by atoms with van der Waals surface area (Å²) in [4.78, 5) is 29.2. The molecule has 0 bridgehead atoms. The Labute approximate surface area is 188 Å². The molecule has 1 atom stereocenters. The maximum absolute atomic E-state index is 12.9. The summed E-state index contributed by atoms with van der Waals surface area (Å²) in [5.74, 6) is 0.940. The summed E-state index contributed by atoms with van der Waals surface area (Å²) in [6.07, 6.45) is 3.32. The van der Waals surface area contributed by atoms with E-state index in [1.54, 1.807) is 30.6 Å². The highest BCUT2D eigenvalue weighted by Crippen LogP contribution is 2.27. The van der Waals surface area contributed by atoms with Crippen molar-refractivity contribution < 1.29 is 14.3 Å². The van der Waals surface area contributed by atoms with Crippen molar-refractivity contribution in [3.05, 3.63) is 84.2 Å². The van der Waals surface area contributed by atoms with Crippen LogP contribution in [0.25, 0.3) is 0 Å². The summed E-state index contributed by atoms with van der Waals surface area (Å²) in [5.41, 5.74) is 2.47. The van der Waals surface area contributed by atoms with Gasteiger partial charge >= 0.3 is 6.03 Å². The van der Waals surface area contributed by atoms with E-state index in [2.05, 4.69) is 20.9 Å². The fraction of sp³-hybridized carbons (Fsp3) is 0.240. The minimum atomic E-state index is -0.683. The van der Waals surface area contributed by atoms with Crippen molar-refractivity contribution in [2.45, 2.75) is 33.4 Å². The highest BCUT2D eigenvalue weighted by atomic mass is 16.5. The lowest BCUT2D eigenvalue weighted by atomic mass is 10.0. The number of benzene rings is 2. The van der Waals surface area contributed by atoms with Gasteiger partial charge in [-0.3, -0.25) is 9.78 Å². The molecule has 1 heterocycles. The average molecular weight is 433 g/mol. The second-order valence-corrected chi connectivity index (χ2v) is 7.79. The Morgan fingerprint density at radius 1 is 1.03 bits per heavy atom. The number of aromatic nitrogens is 1. The second kappa shape index (κ2) is 10.9. The Bertz CT molecular complexity index is 1040. The number of nitrogens with one attached hydrogen (secondary N) is 3. The molecule has 3 amide bonds. The number of carbonyl (C=O) groups excluding carboxylic acids is 2. The van der Waals surface area contributed by atoms with Gasteiger partial charge in [0.15, 0.2) is 0 Å². The molecule has 0 aliphatic heterocycles. The predicted octanol–water partition coefficient (Wildman–Crippen LogP) is 4.64. The number of carbonyl (C=O) groups is 2. The largest absolute Gasteiger partial charge is 0.455 e. The fourth-order valence-corrected chi connectivity index (χ4v) is 3.10. The van der Waals surface area contributed by atoms with Crippen LogP contribution in [0.3, 0.4) is 0 Å². The number of rotatable bonds is 8. The summed E-state index contributed by atoms with van der Waals surface area (Å²) >= 11 is 0. The van der Waals surface area contributed by atoms with E-state index in [4.69, 9.17) is 4.74 Å². The average Bonchev–Trinajstić information content (AvgIpc) is 2.79. The van der Waals surface area contributed by atoms with Crippen LogP contribution in [0.5, 0.6) is 11.5 Å². The van der Waals surface area contributed by atoms with Crippen molar-refractivity contribution in [2.75, 3.05) is 5.32 Å². The van der Waals surface area contributed by atoms with E-state index in [9.17, 15) is 9.59 Å². The fourth-order valence-electron chi connectivity index (χ4n) is 3.10. The molecule has 1 aromatic heterocycles. The summed E-state index contributed by atoms with van der Waals surface area (Å²) < 4.78 is 5.83. The third-order valence-corrected chi connectivity index (χ3v) is 4.84. The molecule has 0 aliphatic rings. The molecule has 3 aromatic rings. The van der Waals surface area contributed by atoms with Crippen LogP contribution in [-0.4, -0.2) is 23.0 Å². The van der Waals surface area contributed by atoms with Gasteiger partial charge in [-0.25, -0.2) is 4.79 Å². The van der Waals surface area contributed by atoms with Crippen molar-refractivity contribution in [1.29, 1.82) is 0 Å². The van der Waals surface area contributed by atoms with Gasteiger partial charge in [0.1, 0.15) is 17.5 Å². The van der Waals surface area contributed by atoms with Crippen molar-refractivity contribution in [2.24, 2.45) is 5.92 Å². The van der Waals surface area contributed by atoms with Gasteiger partial charge in [-0.2, -0.15) is 0 Å². The Morgan fingerprint density at radius 2 is 1.81 bits per heavy atom. The molecule has 7 heteroatoms. The van der Waals surface area contributed by atoms with Gasteiger partial charge in [0.25, 0.3) is 0 Å². The number of hydrogen-bond acceptors (Lipinski definition) is 4. The zero-order chi connectivity index (χ0) is 22.9. The van der Waals surface area contributed by atoms with E-state index in [0.29, 0.717) is 23.7 Å². The number of pyridine rings is 1. The predicted molar refractivity (Wildman–Crippen MR) is 125 cm³/mol. The van der Waals surface area contributed by atoms with Crippen molar-refractivity contribution in [3.63, 3.8) is 0 Å². The molecule has 32 heavy (non-hydrogen) atoms.